The van der Waals surface area contributed by atoms with Crippen molar-refractivity contribution < 1.29 is 9.59 Å². The molecule has 0 radical (unpaired) electrons. The molecule has 1 aliphatic rings. The van der Waals surface area contributed by atoms with E-state index in [0.717, 1.165) is 30.2 Å². The maximum absolute atomic E-state index is 12.4. The number of carbonyl (C=O) groups excluding carboxylic acids is 2. The zero-order chi connectivity index (χ0) is 15.2. The predicted molar refractivity (Wildman–Crippen MR) is 87.1 cm³/mol. The third-order valence-electron chi connectivity index (χ3n) is 3.98. The molecule has 1 saturated carbocycles. The second kappa shape index (κ2) is 7.59. The molecule has 114 valence electrons. The number of nitrogens with one attached hydrogen (secondary N) is 1. The van der Waals surface area contributed by atoms with Crippen LogP contribution in [0.4, 0.5) is 5.69 Å². The first-order valence-electron chi connectivity index (χ1n) is 7.48. The molecule has 1 fully saturated rings. The van der Waals surface area contributed by atoms with E-state index in [1.807, 2.05) is 0 Å². The molecule has 0 heterocycles. The summed E-state index contributed by atoms with van der Waals surface area (Å²) in [6, 6.07) is 5.14. The zero-order valence-corrected chi connectivity index (χ0v) is 13.6. The second-order valence-electron chi connectivity index (χ2n) is 5.59. The van der Waals surface area contributed by atoms with Gasteiger partial charge in [-0.05, 0) is 31.0 Å². The molecule has 1 aromatic carbocycles. The van der Waals surface area contributed by atoms with E-state index >= 15 is 0 Å². The number of anilines is 1. The summed E-state index contributed by atoms with van der Waals surface area (Å²) >= 11 is 3.31. The number of primary amides is 1. The van der Waals surface area contributed by atoms with Gasteiger partial charge in [0.05, 0.1) is 11.3 Å². The minimum atomic E-state index is -0.538. The second-order valence-corrected chi connectivity index (χ2v) is 6.50. The highest BCUT2D eigenvalue weighted by Crippen LogP contribution is 2.25. The summed E-state index contributed by atoms with van der Waals surface area (Å²) in [4.78, 5) is 23.9. The fourth-order valence-electron chi connectivity index (χ4n) is 2.78. The Kier molecular flexibility index (Phi) is 5.79. The van der Waals surface area contributed by atoms with Gasteiger partial charge in [0.1, 0.15) is 0 Å². The van der Waals surface area contributed by atoms with Gasteiger partial charge in [-0.1, -0.05) is 48.0 Å². The molecule has 2 amide bonds. The lowest BCUT2D eigenvalue weighted by atomic mass is 9.90. The van der Waals surface area contributed by atoms with Crippen molar-refractivity contribution in [2.75, 3.05) is 5.32 Å². The third kappa shape index (κ3) is 4.56. The van der Waals surface area contributed by atoms with E-state index in [4.69, 9.17) is 5.73 Å². The van der Waals surface area contributed by atoms with Crippen LogP contribution < -0.4 is 11.1 Å². The Morgan fingerprint density at radius 1 is 1.10 bits per heavy atom. The molecule has 0 bridgehead atoms. The monoisotopic (exact) mass is 352 g/mol. The SMILES string of the molecule is NC(=O)c1cc(Br)ccc1NC(=O)C1CCCCCCC1. The number of halogens is 1. The summed E-state index contributed by atoms with van der Waals surface area (Å²) in [5, 5.41) is 2.88. The van der Waals surface area contributed by atoms with Crippen LogP contribution >= 0.6 is 15.9 Å². The molecule has 0 saturated heterocycles. The van der Waals surface area contributed by atoms with Crippen molar-refractivity contribution in [2.24, 2.45) is 11.7 Å². The van der Waals surface area contributed by atoms with E-state index in [-0.39, 0.29) is 11.8 Å². The molecular weight excluding hydrogens is 332 g/mol. The van der Waals surface area contributed by atoms with E-state index < -0.39 is 5.91 Å². The van der Waals surface area contributed by atoms with Crippen molar-refractivity contribution in [1.29, 1.82) is 0 Å². The minimum Gasteiger partial charge on any atom is -0.366 e. The van der Waals surface area contributed by atoms with Crippen LogP contribution in [0.5, 0.6) is 0 Å². The first kappa shape index (κ1) is 16.0. The van der Waals surface area contributed by atoms with E-state index in [2.05, 4.69) is 21.2 Å². The van der Waals surface area contributed by atoms with Gasteiger partial charge in [-0.2, -0.15) is 0 Å². The van der Waals surface area contributed by atoms with Crippen LogP contribution in [0.3, 0.4) is 0 Å². The largest absolute Gasteiger partial charge is 0.366 e. The molecule has 0 spiro atoms. The summed E-state index contributed by atoms with van der Waals surface area (Å²) in [6.07, 6.45) is 7.72. The van der Waals surface area contributed by atoms with Gasteiger partial charge < -0.3 is 11.1 Å². The lowest BCUT2D eigenvalue weighted by Gasteiger charge is -2.19. The van der Waals surface area contributed by atoms with Gasteiger partial charge in [0.2, 0.25) is 5.91 Å². The van der Waals surface area contributed by atoms with Crippen LogP contribution in [0.1, 0.15) is 55.3 Å². The topological polar surface area (TPSA) is 72.2 Å². The highest BCUT2D eigenvalue weighted by molar-refractivity contribution is 9.10. The first-order valence-corrected chi connectivity index (χ1v) is 8.27. The van der Waals surface area contributed by atoms with Crippen LogP contribution in [-0.2, 0) is 4.79 Å². The van der Waals surface area contributed by atoms with Crippen LogP contribution in [0.2, 0.25) is 0 Å². The highest BCUT2D eigenvalue weighted by Gasteiger charge is 2.21. The molecule has 2 rings (SSSR count). The highest BCUT2D eigenvalue weighted by atomic mass is 79.9. The summed E-state index contributed by atoms with van der Waals surface area (Å²) in [5.41, 5.74) is 6.21. The van der Waals surface area contributed by atoms with Crippen molar-refractivity contribution in [3.05, 3.63) is 28.2 Å². The van der Waals surface area contributed by atoms with Crippen LogP contribution in [0.25, 0.3) is 0 Å². The Balaban J connectivity index is 2.09. The Hall–Kier alpha value is -1.36. The molecule has 3 N–H and O–H groups in total. The van der Waals surface area contributed by atoms with Crippen LogP contribution in [-0.4, -0.2) is 11.8 Å². The molecule has 0 unspecified atom stereocenters. The molecule has 0 aromatic heterocycles. The van der Waals surface area contributed by atoms with Gasteiger partial charge in [0.25, 0.3) is 5.91 Å². The molecule has 1 aromatic rings. The van der Waals surface area contributed by atoms with E-state index in [9.17, 15) is 9.59 Å². The number of carbonyl (C=O) groups is 2. The Morgan fingerprint density at radius 2 is 1.71 bits per heavy atom. The van der Waals surface area contributed by atoms with Gasteiger partial charge in [-0.15, -0.1) is 0 Å². The molecule has 1 aliphatic carbocycles. The van der Waals surface area contributed by atoms with Crippen molar-refractivity contribution >= 4 is 33.4 Å². The average Bonchev–Trinajstić information content (AvgIpc) is 2.40. The van der Waals surface area contributed by atoms with Crippen LogP contribution in [0, 0.1) is 5.92 Å². The van der Waals surface area contributed by atoms with Gasteiger partial charge >= 0.3 is 0 Å². The lowest BCUT2D eigenvalue weighted by molar-refractivity contribution is -0.120. The van der Waals surface area contributed by atoms with Gasteiger partial charge in [-0.25, -0.2) is 0 Å². The summed E-state index contributed by atoms with van der Waals surface area (Å²) in [7, 11) is 0. The molecule has 0 aliphatic heterocycles. The summed E-state index contributed by atoms with van der Waals surface area (Å²) in [6.45, 7) is 0. The number of hydrogen-bond donors (Lipinski definition) is 2. The predicted octanol–water partition coefficient (Wildman–Crippen LogP) is 3.85. The molecule has 0 atom stereocenters. The zero-order valence-electron chi connectivity index (χ0n) is 12.0. The van der Waals surface area contributed by atoms with E-state index in [1.165, 1.54) is 19.3 Å². The molecule has 5 heteroatoms. The van der Waals surface area contributed by atoms with Gasteiger partial charge in [0.15, 0.2) is 0 Å². The van der Waals surface area contributed by atoms with Crippen molar-refractivity contribution in [2.45, 2.75) is 44.9 Å². The van der Waals surface area contributed by atoms with Crippen molar-refractivity contribution in [1.82, 2.24) is 0 Å². The average molecular weight is 353 g/mol. The maximum Gasteiger partial charge on any atom is 0.250 e. The molecule has 21 heavy (non-hydrogen) atoms. The third-order valence-corrected chi connectivity index (χ3v) is 4.47. The molecular formula is C16H21BrN2O2. The number of rotatable bonds is 3. The maximum atomic E-state index is 12.4. The Labute approximate surface area is 133 Å². The molecule has 4 nitrogen and oxygen atoms in total. The van der Waals surface area contributed by atoms with Gasteiger partial charge in [-0.3, -0.25) is 9.59 Å². The minimum absolute atomic E-state index is 0.00159. The van der Waals surface area contributed by atoms with Crippen molar-refractivity contribution in [3.8, 4) is 0 Å². The van der Waals surface area contributed by atoms with Gasteiger partial charge in [0, 0.05) is 10.4 Å². The normalized spacial score (nSPS) is 16.8. The van der Waals surface area contributed by atoms with Crippen LogP contribution in [0.15, 0.2) is 22.7 Å². The summed E-state index contributed by atoms with van der Waals surface area (Å²) in [5.74, 6) is -0.499. The summed E-state index contributed by atoms with van der Waals surface area (Å²) < 4.78 is 0.764. The number of benzene rings is 1. The van der Waals surface area contributed by atoms with Crippen molar-refractivity contribution in [3.63, 3.8) is 0 Å². The first-order chi connectivity index (χ1) is 10.1. The fraction of sp³-hybridized carbons (Fsp3) is 0.500. The smallest absolute Gasteiger partial charge is 0.250 e. The van der Waals surface area contributed by atoms with E-state index in [0.29, 0.717) is 11.3 Å². The standard InChI is InChI=1S/C16H21BrN2O2/c17-12-8-9-14(13(10-12)15(18)20)19-16(21)11-6-4-2-1-3-5-7-11/h8-11H,1-7H2,(H2,18,20)(H,19,21). The quantitative estimate of drug-likeness (QED) is 0.866. The Bertz CT molecular complexity index is 523. The number of hydrogen-bond acceptors (Lipinski definition) is 2. The number of amides is 2. The number of nitrogens with two attached hydrogens (primary N) is 1. The Morgan fingerprint density at radius 3 is 2.33 bits per heavy atom. The fourth-order valence-corrected chi connectivity index (χ4v) is 3.14. The lowest BCUT2D eigenvalue weighted by Crippen LogP contribution is -2.25. The van der Waals surface area contributed by atoms with E-state index in [1.54, 1.807) is 18.2 Å².